The topological polar surface area (TPSA) is 95.1 Å². The molecule has 0 saturated carbocycles. The predicted molar refractivity (Wildman–Crippen MR) is 47.2 cm³/mol. The maximum atomic E-state index is 11.0. The second kappa shape index (κ2) is 3.22. The second-order valence-corrected chi connectivity index (χ2v) is 3.08. The standard InChI is InChI=1S/C8H9N3O3/c12-7(13)6-4-3-9-2-1-5(4)10-8(14)11-6/h9H,1-3H2,(H,12,13)(H,10,11,14). The molecule has 0 aromatic carbocycles. The summed E-state index contributed by atoms with van der Waals surface area (Å²) in [6.45, 7) is 1.19. The lowest BCUT2D eigenvalue weighted by atomic mass is 10.1. The minimum Gasteiger partial charge on any atom is -0.476 e. The van der Waals surface area contributed by atoms with Gasteiger partial charge in [0.05, 0.1) is 0 Å². The summed E-state index contributed by atoms with van der Waals surface area (Å²) < 4.78 is 0. The number of aromatic carboxylic acids is 1. The van der Waals surface area contributed by atoms with Gasteiger partial charge in [-0.2, -0.15) is 4.98 Å². The van der Waals surface area contributed by atoms with Gasteiger partial charge in [-0.1, -0.05) is 0 Å². The summed E-state index contributed by atoms with van der Waals surface area (Å²) in [5, 5.41) is 11.9. The number of rotatable bonds is 1. The van der Waals surface area contributed by atoms with Crippen LogP contribution in [0.4, 0.5) is 0 Å². The number of carboxylic acid groups (broad SMARTS) is 1. The third kappa shape index (κ3) is 1.39. The number of aromatic amines is 1. The van der Waals surface area contributed by atoms with Crippen LogP contribution >= 0.6 is 0 Å². The van der Waals surface area contributed by atoms with Crippen molar-refractivity contribution in [3.63, 3.8) is 0 Å². The lowest BCUT2D eigenvalue weighted by Crippen LogP contribution is -2.31. The van der Waals surface area contributed by atoms with Crippen molar-refractivity contribution >= 4 is 5.97 Å². The highest BCUT2D eigenvalue weighted by Crippen LogP contribution is 2.12. The van der Waals surface area contributed by atoms with Crippen molar-refractivity contribution in [2.75, 3.05) is 6.54 Å². The fourth-order valence-electron chi connectivity index (χ4n) is 1.55. The van der Waals surface area contributed by atoms with E-state index in [-0.39, 0.29) is 5.69 Å². The smallest absolute Gasteiger partial charge is 0.355 e. The predicted octanol–water partition coefficient (Wildman–Crippen LogP) is -0.886. The van der Waals surface area contributed by atoms with Crippen LogP contribution in [0.1, 0.15) is 21.7 Å². The van der Waals surface area contributed by atoms with Gasteiger partial charge in [0.15, 0.2) is 5.69 Å². The van der Waals surface area contributed by atoms with Gasteiger partial charge in [-0.05, 0) is 0 Å². The molecule has 0 fully saturated rings. The van der Waals surface area contributed by atoms with Crippen LogP contribution in [0.25, 0.3) is 0 Å². The van der Waals surface area contributed by atoms with Crippen molar-refractivity contribution in [2.45, 2.75) is 13.0 Å². The van der Waals surface area contributed by atoms with Crippen molar-refractivity contribution in [3.05, 3.63) is 27.4 Å². The average Bonchev–Trinajstić information content (AvgIpc) is 2.16. The highest BCUT2D eigenvalue weighted by molar-refractivity contribution is 5.87. The van der Waals surface area contributed by atoms with E-state index in [0.29, 0.717) is 24.2 Å². The van der Waals surface area contributed by atoms with E-state index in [4.69, 9.17) is 5.11 Å². The van der Waals surface area contributed by atoms with E-state index in [1.165, 1.54) is 0 Å². The molecule has 6 heteroatoms. The van der Waals surface area contributed by atoms with Crippen molar-refractivity contribution in [1.82, 2.24) is 15.3 Å². The summed E-state index contributed by atoms with van der Waals surface area (Å²) >= 11 is 0. The molecule has 2 rings (SSSR count). The highest BCUT2D eigenvalue weighted by Gasteiger charge is 2.19. The largest absolute Gasteiger partial charge is 0.476 e. The monoisotopic (exact) mass is 195 g/mol. The molecule has 0 spiro atoms. The van der Waals surface area contributed by atoms with Gasteiger partial charge in [0.1, 0.15) is 0 Å². The maximum absolute atomic E-state index is 11.0. The van der Waals surface area contributed by atoms with Crippen LogP contribution in [0, 0.1) is 0 Å². The first kappa shape index (κ1) is 8.89. The molecule has 3 N–H and O–H groups in total. The van der Waals surface area contributed by atoms with Gasteiger partial charge in [0.2, 0.25) is 0 Å². The Balaban J connectivity index is 2.64. The van der Waals surface area contributed by atoms with Gasteiger partial charge >= 0.3 is 11.7 Å². The maximum Gasteiger partial charge on any atom is 0.355 e. The second-order valence-electron chi connectivity index (χ2n) is 3.08. The van der Waals surface area contributed by atoms with Gasteiger partial charge in [0.25, 0.3) is 0 Å². The number of nitrogens with zero attached hydrogens (tertiary/aromatic N) is 1. The molecule has 0 bridgehead atoms. The van der Waals surface area contributed by atoms with Gasteiger partial charge in [-0.3, -0.25) is 0 Å². The molecule has 0 radical (unpaired) electrons. The van der Waals surface area contributed by atoms with Crippen molar-refractivity contribution < 1.29 is 9.90 Å². The molecule has 0 aliphatic carbocycles. The van der Waals surface area contributed by atoms with Crippen LogP contribution in [0.15, 0.2) is 4.79 Å². The summed E-state index contributed by atoms with van der Waals surface area (Å²) in [6, 6.07) is 0. The normalized spacial score (nSPS) is 14.9. The highest BCUT2D eigenvalue weighted by atomic mass is 16.4. The Morgan fingerprint density at radius 3 is 3.00 bits per heavy atom. The number of hydrogen-bond donors (Lipinski definition) is 3. The summed E-state index contributed by atoms with van der Waals surface area (Å²) in [6.07, 6.45) is 0.632. The summed E-state index contributed by atoms with van der Waals surface area (Å²) in [5.41, 5.74) is 0.531. The number of aromatic nitrogens is 2. The lowest BCUT2D eigenvalue weighted by molar-refractivity contribution is 0.0688. The number of fused-ring (bicyclic) bond motifs is 1. The van der Waals surface area contributed by atoms with Crippen LogP contribution in [-0.2, 0) is 13.0 Å². The Morgan fingerprint density at radius 1 is 1.50 bits per heavy atom. The average molecular weight is 195 g/mol. The molecule has 14 heavy (non-hydrogen) atoms. The zero-order chi connectivity index (χ0) is 10.1. The summed E-state index contributed by atoms with van der Waals surface area (Å²) in [5.74, 6) is -1.16. The molecule has 1 aliphatic rings. The van der Waals surface area contributed by atoms with Crippen molar-refractivity contribution in [1.29, 1.82) is 0 Å². The minimum absolute atomic E-state index is 0.143. The Hall–Kier alpha value is -1.69. The minimum atomic E-state index is -1.16. The Labute approximate surface area is 79.0 Å². The number of H-pyrrole nitrogens is 1. The van der Waals surface area contributed by atoms with E-state index in [2.05, 4.69) is 15.3 Å². The van der Waals surface area contributed by atoms with Crippen LogP contribution in [0.5, 0.6) is 0 Å². The Morgan fingerprint density at radius 2 is 2.29 bits per heavy atom. The van der Waals surface area contributed by atoms with E-state index in [1.54, 1.807) is 0 Å². The molecule has 2 heterocycles. The van der Waals surface area contributed by atoms with Crippen LogP contribution in [0.3, 0.4) is 0 Å². The fraction of sp³-hybridized carbons (Fsp3) is 0.375. The Kier molecular flexibility index (Phi) is 2.05. The number of carbonyl (C=O) groups is 1. The first-order valence-electron chi connectivity index (χ1n) is 4.24. The molecule has 0 atom stereocenters. The number of hydrogen-bond acceptors (Lipinski definition) is 4. The van der Waals surface area contributed by atoms with Gasteiger partial charge in [-0.15, -0.1) is 0 Å². The third-order valence-corrected chi connectivity index (χ3v) is 2.18. The van der Waals surface area contributed by atoms with Crippen molar-refractivity contribution in [3.8, 4) is 0 Å². The molecule has 0 amide bonds. The summed E-state index contributed by atoms with van der Waals surface area (Å²) in [4.78, 5) is 27.8. The molecule has 1 aromatic heterocycles. The van der Waals surface area contributed by atoms with E-state index >= 15 is 0 Å². The van der Waals surface area contributed by atoms with Gasteiger partial charge in [-0.25, -0.2) is 9.59 Å². The molecule has 0 unspecified atom stereocenters. The first-order valence-corrected chi connectivity index (χ1v) is 4.24. The quantitative estimate of drug-likeness (QED) is 0.540. The molecule has 1 aromatic rings. The molecule has 6 nitrogen and oxygen atoms in total. The van der Waals surface area contributed by atoms with Crippen LogP contribution < -0.4 is 11.0 Å². The third-order valence-electron chi connectivity index (χ3n) is 2.18. The molecular formula is C8H9N3O3. The molecular weight excluding hydrogens is 186 g/mol. The molecule has 1 aliphatic heterocycles. The lowest BCUT2D eigenvalue weighted by Gasteiger charge is -2.16. The van der Waals surface area contributed by atoms with E-state index in [1.807, 2.05) is 0 Å². The van der Waals surface area contributed by atoms with E-state index in [9.17, 15) is 9.59 Å². The number of carboxylic acids is 1. The van der Waals surface area contributed by atoms with E-state index < -0.39 is 11.7 Å². The van der Waals surface area contributed by atoms with Gasteiger partial charge < -0.3 is 15.4 Å². The zero-order valence-electron chi connectivity index (χ0n) is 7.33. The Bertz CT molecular complexity index is 438. The molecule has 74 valence electrons. The fourth-order valence-corrected chi connectivity index (χ4v) is 1.55. The van der Waals surface area contributed by atoms with Gasteiger partial charge in [0, 0.05) is 30.8 Å². The zero-order valence-corrected chi connectivity index (χ0v) is 7.33. The first-order chi connectivity index (χ1) is 6.68. The summed E-state index contributed by atoms with van der Waals surface area (Å²) in [7, 11) is 0. The SMILES string of the molecule is O=C(O)c1nc(=O)[nH]c2c1CNCC2. The van der Waals surface area contributed by atoms with Crippen LogP contribution in [-0.4, -0.2) is 27.6 Å². The van der Waals surface area contributed by atoms with E-state index in [0.717, 1.165) is 6.54 Å². The van der Waals surface area contributed by atoms with Crippen molar-refractivity contribution in [2.24, 2.45) is 0 Å². The number of nitrogens with one attached hydrogen (secondary N) is 2. The van der Waals surface area contributed by atoms with Crippen LogP contribution in [0.2, 0.25) is 0 Å². The molecule has 0 saturated heterocycles.